The molecule has 5 nitrogen and oxygen atoms in total. The van der Waals surface area contributed by atoms with Crippen molar-refractivity contribution in [2.75, 3.05) is 18.8 Å². The van der Waals surface area contributed by atoms with Crippen LogP contribution in [0.1, 0.15) is 31.0 Å². The van der Waals surface area contributed by atoms with E-state index >= 15 is 0 Å². The van der Waals surface area contributed by atoms with Gasteiger partial charge in [0, 0.05) is 31.9 Å². The first-order valence-corrected chi connectivity index (χ1v) is 8.77. The van der Waals surface area contributed by atoms with Crippen LogP contribution in [-0.2, 0) is 16.6 Å². The van der Waals surface area contributed by atoms with Crippen LogP contribution in [0.25, 0.3) is 0 Å². The molecule has 0 amide bonds. The molecule has 0 unspecified atom stereocenters. The van der Waals surface area contributed by atoms with Crippen LogP contribution < -0.4 is 4.72 Å². The lowest BCUT2D eigenvalue weighted by atomic mass is 10.1. The van der Waals surface area contributed by atoms with Crippen molar-refractivity contribution in [3.63, 3.8) is 0 Å². The maximum atomic E-state index is 11.5. The number of likely N-dealkylation sites (tertiary alicyclic amines) is 1. The van der Waals surface area contributed by atoms with Gasteiger partial charge in [-0.1, -0.05) is 0 Å². The molecule has 0 aromatic carbocycles. The summed E-state index contributed by atoms with van der Waals surface area (Å²) < 4.78 is 25.9. The first-order chi connectivity index (χ1) is 9.48. The van der Waals surface area contributed by atoms with E-state index in [1.165, 1.54) is 5.56 Å². The fraction of sp³-hybridized carbons (Fsp3) is 0.643. The van der Waals surface area contributed by atoms with Crippen molar-refractivity contribution in [2.45, 2.75) is 39.3 Å². The second-order valence-electron chi connectivity index (χ2n) is 5.40. The molecular weight excluding hydrogens is 274 g/mol. The Morgan fingerprint density at radius 1 is 1.40 bits per heavy atom. The molecular formula is C14H23N3O2S. The van der Waals surface area contributed by atoms with Crippen LogP contribution in [0.4, 0.5) is 0 Å². The number of nitrogens with zero attached hydrogens (tertiary/aromatic N) is 2. The minimum atomic E-state index is -3.08. The molecule has 112 valence electrons. The summed E-state index contributed by atoms with van der Waals surface area (Å²) in [6.07, 6.45) is 3.57. The van der Waals surface area contributed by atoms with Crippen LogP contribution in [0.15, 0.2) is 18.3 Å². The fourth-order valence-corrected chi connectivity index (χ4v) is 3.37. The lowest BCUT2D eigenvalue weighted by molar-refractivity contribution is 0.198. The van der Waals surface area contributed by atoms with Gasteiger partial charge >= 0.3 is 0 Å². The van der Waals surface area contributed by atoms with E-state index in [1.54, 1.807) is 6.92 Å². The average Bonchev–Trinajstić information content (AvgIpc) is 2.41. The van der Waals surface area contributed by atoms with E-state index < -0.39 is 10.0 Å². The molecule has 1 N–H and O–H groups in total. The van der Waals surface area contributed by atoms with Crippen molar-refractivity contribution in [1.29, 1.82) is 0 Å². The highest BCUT2D eigenvalue weighted by molar-refractivity contribution is 7.89. The Hall–Kier alpha value is -0.980. The lowest BCUT2D eigenvalue weighted by Crippen LogP contribution is -2.44. The van der Waals surface area contributed by atoms with E-state index in [4.69, 9.17) is 0 Å². The monoisotopic (exact) mass is 297 g/mol. The van der Waals surface area contributed by atoms with Crippen molar-refractivity contribution in [2.24, 2.45) is 0 Å². The summed E-state index contributed by atoms with van der Waals surface area (Å²) in [6, 6.07) is 4.18. The first kappa shape index (κ1) is 15.4. The third-order valence-electron chi connectivity index (χ3n) is 3.67. The van der Waals surface area contributed by atoms with E-state index in [-0.39, 0.29) is 11.8 Å². The predicted octanol–water partition coefficient (Wildman–Crippen LogP) is 1.29. The predicted molar refractivity (Wildman–Crippen MR) is 79.9 cm³/mol. The van der Waals surface area contributed by atoms with Gasteiger partial charge < -0.3 is 0 Å². The fourth-order valence-electron chi connectivity index (χ4n) is 2.46. The standard InChI is InChI=1S/C14H23N3O2S/c1-3-20(18,19)16-13-5-8-17(9-6-13)11-14-10-12(2)4-7-15-14/h4,7,10,13,16H,3,5-6,8-9,11H2,1-2H3. The topological polar surface area (TPSA) is 62.3 Å². The van der Waals surface area contributed by atoms with Gasteiger partial charge in [0.05, 0.1) is 11.4 Å². The maximum absolute atomic E-state index is 11.5. The number of aryl methyl sites for hydroxylation is 1. The van der Waals surface area contributed by atoms with Crippen LogP contribution in [0.5, 0.6) is 0 Å². The number of aromatic nitrogens is 1. The van der Waals surface area contributed by atoms with Gasteiger partial charge in [0.15, 0.2) is 0 Å². The zero-order valence-corrected chi connectivity index (χ0v) is 13.0. The molecule has 1 saturated heterocycles. The SMILES string of the molecule is CCS(=O)(=O)NC1CCN(Cc2cc(C)ccn2)CC1. The Balaban J connectivity index is 1.83. The molecule has 0 saturated carbocycles. The van der Waals surface area contributed by atoms with Gasteiger partial charge in [-0.3, -0.25) is 9.88 Å². The highest BCUT2D eigenvalue weighted by atomic mass is 32.2. The van der Waals surface area contributed by atoms with E-state index in [1.807, 2.05) is 12.3 Å². The molecule has 1 aromatic heterocycles. The Labute approximate surface area is 121 Å². The van der Waals surface area contributed by atoms with Crippen molar-refractivity contribution in [1.82, 2.24) is 14.6 Å². The summed E-state index contributed by atoms with van der Waals surface area (Å²) >= 11 is 0. The summed E-state index contributed by atoms with van der Waals surface area (Å²) in [5.41, 5.74) is 2.30. The minimum absolute atomic E-state index is 0.0849. The van der Waals surface area contributed by atoms with E-state index in [0.29, 0.717) is 0 Å². The second-order valence-corrected chi connectivity index (χ2v) is 7.44. The Bertz CT molecular complexity index is 537. The third-order valence-corrected chi connectivity index (χ3v) is 5.12. The average molecular weight is 297 g/mol. The van der Waals surface area contributed by atoms with Crippen molar-refractivity contribution >= 4 is 10.0 Å². The third kappa shape index (κ3) is 4.54. The Morgan fingerprint density at radius 2 is 2.10 bits per heavy atom. The van der Waals surface area contributed by atoms with Crippen LogP contribution >= 0.6 is 0 Å². The van der Waals surface area contributed by atoms with Gasteiger partial charge in [-0.15, -0.1) is 0 Å². The summed E-state index contributed by atoms with van der Waals surface area (Å²) in [6.45, 7) is 6.39. The summed E-state index contributed by atoms with van der Waals surface area (Å²) in [4.78, 5) is 6.70. The van der Waals surface area contributed by atoms with Crippen molar-refractivity contribution in [3.8, 4) is 0 Å². The normalized spacial score (nSPS) is 18.3. The van der Waals surface area contributed by atoms with E-state index in [2.05, 4.69) is 27.6 Å². The lowest BCUT2D eigenvalue weighted by Gasteiger charge is -2.31. The first-order valence-electron chi connectivity index (χ1n) is 7.12. The Kier molecular flexibility index (Phi) is 5.12. The maximum Gasteiger partial charge on any atom is 0.211 e. The minimum Gasteiger partial charge on any atom is -0.297 e. The molecule has 2 rings (SSSR count). The van der Waals surface area contributed by atoms with Crippen LogP contribution in [0.3, 0.4) is 0 Å². The van der Waals surface area contributed by atoms with Crippen LogP contribution in [-0.4, -0.2) is 43.2 Å². The molecule has 0 atom stereocenters. The van der Waals surface area contributed by atoms with Gasteiger partial charge in [-0.05, 0) is 44.4 Å². The number of nitrogens with one attached hydrogen (secondary N) is 1. The van der Waals surface area contributed by atoms with Gasteiger partial charge in [0.2, 0.25) is 10.0 Å². The van der Waals surface area contributed by atoms with E-state index in [0.717, 1.165) is 38.2 Å². The quantitative estimate of drug-likeness (QED) is 0.889. The number of piperidine rings is 1. The molecule has 0 spiro atoms. The highest BCUT2D eigenvalue weighted by Gasteiger charge is 2.22. The van der Waals surface area contributed by atoms with Crippen LogP contribution in [0.2, 0.25) is 0 Å². The van der Waals surface area contributed by atoms with Gasteiger partial charge in [-0.2, -0.15) is 0 Å². The van der Waals surface area contributed by atoms with Crippen molar-refractivity contribution in [3.05, 3.63) is 29.6 Å². The van der Waals surface area contributed by atoms with E-state index in [9.17, 15) is 8.42 Å². The number of rotatable bonds is 5. The van der Waals surface area contributed by atoms with Gasteiger partial charge in [0.25, 0.3) is 0 Å². The number of hydrogen-bond acceptors (Lipinski definition) is 4. The second kappa shape index (κ2) is 6.65. The summed E-state index contributed by atoms with van der Waals surface area (Å²) in [5.74, 6) is 0.153. The smallest absolute Gasteiger partial charge is 0.211 e. The molecule has 1 aromatic rings. The molecule has 20 heavy (non-hydrogen) atoms. The molecule has 6 heteroatoms. The molecule has 1 aliphatic rings. The number of sulfonamides is 1. The number of hydrogen-bond donors (Lipinski definition) is 1. The Morgan fingerprint density at radius 3 is 2.70 bits per heavy atom. The van der Waals surface area contributed by atoms with Crippen LogP contribution in [0, 0.1) is 6.92 Å². The van der Waals surface area contributed by atoms with Gasteiger partial charge in [-0.25, -0.2) is 13.1 Å². The summed E-state index contributed by atoms with van der Waals surface area (Å²) in [7, 11) is -3.08. The largest absolute Gasteiger partial charge is 0.297 e. The molecule has 1 aliphatic heterocycles. The molecule has 0 bridgehead atoms. The van der Waals surface area contributed by atoms with Gasteiger partial charge in [0.1, 0.15) is 0 Å². The number of pyridine rings is 1. The van der Waals surface area contributed by atoms with Crippen molar-refractivity contribution < 1.29 is 8.42 Å². The molecule has 2 heterocycles. The summed E-state index contributed by atoms with van der Waals surface area (Å²) in [5, 5.41) is 0. The molecule has 0 aliphatic carbocycles. The zero-order chi connectivity index (χ0) is 14.6. The molecule has 1 fully saturated rings. The zero-order valence-electron chi connectivity index (χ0n) is 12.2. The molecule has 0 radical (unpaired) electrons. The highest BCUT2D eigenvalue weighted by Crippen LogP contribution is 2.14.